The van der Waals surface area contributed by atoms with Gasteiger partial charge in [0.2, 0.25) is 11.4 Å². The van der Waals surface area contributed by atoms with Crippen LogP contribution in [0, 0.1) is 11.1 Å². The van der Waals surface area contributed by atoms with Gasteiger partial charge in [-0.1, -0.05) is 46.3 Å². The molecule has 41 heavy (non-hydrogen) atoms. The molecule has 1 atom stereocenters. The Bertz CT molecular complexity index is 1500. The molecule has 2 aromatic carbocycles. The summed E-state index contributed by atoms with van der Waals surface area (Å²) in [7, 11) is 0. The molecule has 7 nitrogen and oxygen atoms in total. The number of hydrogen-bond acceptors (Lipinski definition) is 5. The smallest absolute Gasteiger partial charge is 0.254 e. The standard InChI is InChI=1S/C33H35BrN4O3/c1-33(16-22-36(23-17-33)32(39)28-15-21-38(40)29-7-3-2-6-27(28)29)37-19-13-25(14-20-37)31(24-9-11-26(34)12-10-24)41-30-8-4-5-18-35-30/h2-12,15,18,21,25,31H,13-14,16-17,19-20,22-23H2,1H3. The third kappa shape index (κ3) is 5.81. The third-order valence-electron chi connectivity index (χ3n) is 8.98. The van der Waals surface area contributed by atoms with Crippen LogP contribution in [0.1, 0.15) is 54.6 Å². The van der Waals surface area contributed by atoms with Gasteiger partial charge in [0.25, 0.3) is 5.91 Å². The maximum atomic E-state index is 13.5. The summed E-state index contributed by atoms with van der Waals surface area (Å²) in [6.45, 7) is 5.77. The molecule has 2 fully saturated rings. The van der Waals surface area contributed by atoms with Gasteiger partial charge in [0.05, 0.1) is 10.9 Å². The Morgan fingerprint density at radius 1 is 1.00 bits per heavy atom. The lowest BCUT2D eigenvalue weighted by Crippen LogP contribution is -2.56. The minimum atomic E-state index is -0.0547. The molecular formula is C33H35BrN4O3. The number of para-hydroxylation sites is 1. The molecule has 2 aliphatic rings. The summed E-state index contributed by atoms with van der Waals surface area (Å²) in [6, 6.07) is 23.2. The van der Waals surface area contributed by atoms with Crippen molar-refractivity contribution in [1.82, 2.24) is 14.8 Å². The van der Waals surface area contributed by atoms with Gasteiger partial charge in [-0.05, 0) is 75.5 Å². The lowest BCUT2D eigenvalue weighted by atomic mass is 9.82. The fourth-order valence-corrected chi connectivity index (χ4v) is 6.71. The van der Waals surface area contributed by atoms with Gasteiger partial charge in [-0.3, -0.25) is 9.69 Å². The lowest BCUT2D eigenvalue weighted by molar-refractivity contribution is -0.577. The summed E-state index contributed by atoms with van der Waals surface area (Å²) in [4.78, 5) is 22.5. The molecule has 1 amide bonds. The molecule has 8 heteroatoms. The number of likely N-dealkylation sites (tertiary alicyclic amines) is 2. The predicted octanol–water partition coefficient (Wildman–Crippen LogP) is 6.16. The average Bonchev–Trinajstić information content (AvgIpc) is 3.01. The van der Waals surface area contributed by atoms with Crippen molar-refractivity contribution in [2.75, 3.05) is 26.2 Å². The summed E-state index contributed by atoms with van der Waals surface area (Å²) in [5, 5.41) is 12.9. The van der Waals surface area contributed by atoms with E-state index >= 15 is 0 Å². The first kappa shape index (κ1) is 27.7. The zero-order valence-electron chi connectivity index (χ0n) is 23.3. The Kier molecular flexibility index (Phi) is 7.95. The first-order valence-corrected chi connectivity index (χ1v) is 15.2. The van der Waals surface area contributed by atoms with Crippen LogP contribution in [0.4, 0.5) is 0 Å². The second kappa shape index (κ2) is 11.8. The number of carbonyl (C=O) groups is 1. The van der Waals surface area contributed by atoms with Crippen molar-refractivity contribution in [3.05, 3.63) is 106 Å². The topological polar surface area (TPSA) is 72.6 Å². The molecule has 1 unspecified atom stereocenters. The van der Waals surface area contributed by atoms with Crippen molar-refractivity contribution in [3.63, 3.8) is 0 Å². The van der Waals surface area contributed by atoms with Crippen LogP contribution < -0.4 is 9.47 Å². The number of nitrogens with zero attached hydrogens (tertiary/aromatic N) is 4. The Labute approximate surface area is 249 Å². The van der Waals surface area contributed by atoms with Crippen LogP contribution in [-0.4, -0.2) is 52.4 Å². The van der Waals surface area contributed by atoms with Gasteiger partial charge in [-0.2, -0.15) is 4.73 Å². The molecule has 2 aliphatic heterocycles. The van der Waals surface area contributed by atoms with Crippen molar-refractivity contribution in [2.24, 2.45) is 5.92 Å². The molecule has 4 heterocycles. The molecule has 0 saturated carbocycles. The number of halogens is 1. The Hall–Kier alpha value is -3.49. The second-order valence-electron chi connectivity index (χ2n) is 11.4. The zero-order chi connectivity index (χ0) is 28.4. The number of benzene rings is 2. The minimum Gasteiger partial charge on any atom is -0.618 e. The van der Waals surface area contributed by atoms with E-state index in [0.29, 0.717) is 41.4 Å². The zero-order valence-corrected chi connectivity index (χ0v) is 24.9. The number of aromatic nitrogens is 2. The Balaban J connectivity index is 1.10. The van der Waals surface area contributed by atoms with E-state index in [1.165, 1.54) is 11.8 Å². The third-order valence-corrected chi connectivity index (χ3v) is 9.51. The highest BCUT2D eigenvalue weighted by Gasteiger charge is 2.40. The number of hydrogen-bond donors (Lipinski definition) is 0. The van der Waals surface area contributed by atoms with Gasteiger partial charge in [-0.25, -0.2) is 4.98 Å². The van der Waals surface area contributed by atoms with E-state index in [4.69, 9.17) is 4.74 Å². The molecule has 6 rings (SSSR count). The van der Waals surface area contributed by atoms with Gasteiger partial charge in [0, 0.05) is 53.4 Å². The number of piperidine rings is 2. The summed E-state index contributed by atoms with van der Waals surface area (Å²) >= 11 is 3.56. The quantitative estimate of drug-likeness (QED) is 0.192. The van der Waals surface area contributed by atoms with E-state index in [9.17, 15) is 10.0 Å². The van der Waals surface area contributed by atoms with Gasteiger partial charge in [0.1, 0.15) is 6.10 Å². The molecule has 0 N–H and O–H groups in total. The molecule has 0 aliphatic carbocycles. The molecule has 2 saturated heterocycles. The normalized spacial score (nSPS) is 18.7. The van der Waals surface area contributed by atoms with Crippen LogP contribution in [0.25, 0.3) is 10.9 Å². The molecule has 2 aromatic heterocycles. The van der Waals surface area contributed by atoms with E-state index in [1.807, 2.05) is 41.3 Å². The monoisotopic (exact) mass is 614 g/mol. The van der Waals surface area contributed by atoms with Crippen LogP contribution in [0.15, 0.2) is 89.7 Å². The highest BCUT2D eigenvalue weighted by molar-refractivity contribution is 9.10. The first-order valence-electron chi connectivity index (χ1n) is 14.4. The number of pyridine rings is 2. The SMILES string of the molecule is CC1(N2CCC(C(Oc3ccccn3)c3ccc(Br)cc3)CC2)CCN(C(=O)c2cc[n+]([O-])c3ccccc23)CC1. The van der Waals surface area contributed by atoms with E-state index < -0.39 is 0 Å². The van der Waals surface area contributed by atoms with Crippen molar-refractivity contribution >= 4 is 32.7 Å². The molecule has 0 radical (unpaired) electrons. The van der Waals surface area contributed by atoms with Crippen LogP contribution in [0.5, 0.6) is 5.88 Å². The van der Waals surface area contributed by atoms with Crippen LogP contribution >= 0.6 is 15.9 Å². The first-order chi connectivity index (χ1) is 19.9. The largest absolute Gasteiger partial charge is 0.618 e. The van der Waals surface area contributed by atoms with Gasteiger partial charge in [0.15, 0.2) is 6.20 Å². The van der Waals surface area contributed by atoms with Gasteiger partial charge >= 0.3 is 0 Å². The minimum absolute atomic E-state index is 0.00608. The van der Waals surface area contributed by atoms with E-state index in [1.54, 1.807) is 18.3 Å². The highest BCUT2D eigenvalue weighted by atomic mass is 79.9. The van der Waals surface area contributed by atoms with Crippen molar-refractivity contribution < 1.29 is 14.3 Å². The summed E-state index contributed by atoms with van der Waals surface area (Å²) in [5.41, 5.74) is 2.35. The summed E-state index contributed by atoms with van der Waals surface area (Å²) in [5.74, 6) is 1.05. The predicted molar refractivity (Wildman–Crippen MR) is 162 cm³/mol. The fraction of sp³-hybridized carbons (Fsp3) is 0.364. The van der Waals surface area contributed by atoms with Crippen molar-refractivity contribution in [1.29, 1.82) is 0 Å². The summed E-state index contributed by atoms with van der Waals surface area (Å²) in [6.07, 6.45) is 7.09. The van der Waals surface area contributed by atoms with Gasteiger partial charge in [-0.15, -0.1) is 0 Å². The Morgan fingerprint density at radius 2 is 1.71 bits per heavy atom. The lowest BCUT2D eigenvalue weighted by Gasteiger charge is -2.49. The summed E-state index contributed by atoms with van der Waals surface area (Å²) < 4.78 is 8.38. The molecule has 0 bridgehead atoms. The highest BCUT2D eigenvalue weighted by Crippen LogP contribution is 2.39. The average molecular weight is 616 g/mol. The van der Waals surface area contributed by atoms with Crippen LogP contribution in [0.3, 0.4) is 0 Å². The van der Waals surface area contributed by atoms with E-state index in [-0.39, 0.29) is 17.6 Å². The molecular weight excluding hydrogens is 580 g/mol. The van der Waals surface area contributed by atoms with Crippen molar-refractivity contribution in [3.8, 4) is 5.88 Å². The number of rotatable bonds is 6. The number of carbonyl (C=O) groups excluding carboxylic acids is 1. The fourth-order valence-electron chi connectivity index (χ4n) is 6.45. The maximum absolute atomic E-state index is 13.5. The van der Waals surface area contributed by atoms with Crippen LogP contribution in [0.2, 0.25) is 0 Å². The number of fused-ring (bicyclic) bond motifs is 1. The van der Waals surface area contributed by atoms with E-state index in [2.05, 4.69) is 57.0 Å². The van der Waals surface area contributed by atoms with Crippen LogP contribution in [-0.2, 0) is 0 Å². The second-order valence-corrected chi connectivity index (χ2v) is 12.4. The maximum Gasteiger partial charge on any atom is 0.254 e. The number of amides is 1. The van der Waals surface area contributed by atoms with Crippen molar-refractivity contribution in [2.45, 2.75) is 44.2 Å². The molecule has 212 valence electrons. The van der Waals surface area contributed by atoms with E-state index in [0.717, 1.165) is 48.0 Å². The molecule has 4 aromatic rings. The van der Waals surface area contributed by atoms with Gasteiger partial charge < -0.3 is 14.8 Å². The number of ether oxygens (including phenoxy) is 1. The Morgan fingerprint density at radius 3 is 2.41 bits per heavy atom. The molecule has 0 spiro atoms.